The molecule has 1 aromatic carbocycles. The Bertz CT molecular complexity index is 494. The van der Waals surface area contributed by atoms with Crippen LogP contribution in [0.2, 0.25) is 0 Å². The number of nitrogens with one attached hydrogen (secondary N) is 3. The summed E-state index contributed by atoms with van der Waals surface area (Å²) in [7, 11) is 1.51. The fraction of sp³-hybridized carbons (Fsp3) is 0.231. The van der Waals surface area contributed by atoms with Crippen LogP contribution in [-0.4, -0.2) is 32.1 Å². The number of carbonyl (C=O) groups is 2. The first-order chi connectivity index (χ1) is 9.17. The molecule has 100 valence electrons. The molecule has 0 fully saturated rings. The molecule has 0 heterocycles. The Morgan fingerprint density at radius 1 is 1.32 bits per heavy atom. The first kappa shape index (κ1) is 14.4. The Morgan fingerprint density at radius 2 is 2.05 bits per heavy atom. The van der Waals surface area contributed by atoms with Crippen LogP contribution in [0, 0.1) is 12.3 Å². The van der Waals surface area contributed by atoms with E-state index >= 15 is 0 Å². The van der Waals surface area contributed by atoms with E-state index in [2.05, 4.69) is 21.9 Å². The molecule has 0 bridgehead atoms. The van der Waals surface area contributed by atoms with E-state index in [-0.39, 0.29) is 19.0 Å². The van der Waals surface area contributed by atoms with Crippen molar-refractivity contribution in [3.8, 4) is 18.1 Å². The zero-order valence-corrected chi connectivity index (χ0v) is 10.5. The maximum Gasteiger partial charge on any atom is 0.319 e. The van der Waals surface area contributed by atoms with Crippen molar-refractivity contribution in [2.45, 2.75) is 0 Å². The van der Waals surface area contributed by atoms with Crippen LogP contribution in [0.5, 0.6) is 5.75 Å². The number of para-hydroxylation sites is 2. The molecule has 6 heteroatoms. The van der Waals surface area contributed by atoms with Gasteiger partial charge in [-0.2, -0.15) is 0 Å². The number of methoxy groups -OCH3 is 1. The highest BCUT2D eigenvalue weighted by Gasteiger charge is 2.07. The third kappa shape index (κ3) is 5.00. The highest BCUT2D eigenvalue weighted by atomic mass is 16.5. The monoisotopic (exact) mass is 261 g/mol. The maximum absolute atomic E-state index is 11.6. The minimum Gasteiger partial charge on any atom is -0.495 e. The number of hydrogen-bond acceptors (Lipinski definition) is 3. The fourth-order valence-electron chi connectivity index (χ4n) is 1.29. The molecule has 0 unspecified atom stereocenters. The van der Waals surface area contributed by atoms with Gasteiger partial charge in [-0.3, -0.25) is 4.79 Å². The molecule has 0 atom stereocenters. The summed E-state index contributed by atoms with van der Waals surface area (Å²) in [6.45, 7) is -0.0166. The summed E-state index contributed by atoms with van der Waals surface area (Å²) in [5, 5.41) is 7.41. The zero-order chi connectivity index (χ0) is 14.1. The van der Waals surface area contributed by atoms with Crippen molar-refractivity contribution in [2.24, 2.45) is 0 Å². The van der Waals surface area contributed by atoms with Crippen LogP contribution in [0.25, 0.3) is 0 Å². The van der Waals surface area contributed by atoms with Gasteiger partial charge in [-0.25, -0.2) is 4.79 Å². The number of anilines is 1. The lowest BCUT2D eigenvalue weighted by Gasteiger charge is -2.10. The van der Waals surface area contributed by atoms with Gasteiger partial charge in [0, 0.05) is 0 Å². The predicted octanol–water partition coefficient (Wildman–Crippen LogP) is 0.566. The topological polar surface area (TPSA) is 79.5 Å². The molecule has 0 saturated carbocycles. The number of rotatable bonds is 5. The summed E-state index contributed by atoms with van der Waals surface area (Å²) in [5.74, 6) is 2.45. The maximum atomic E-state index is 11.6. The van der Waals surface area contributed by atoms with Gasteiger partial charge in [0.25, 0.3) is 0 Å². The van der Waals surface area contributed by atoms with Crippen molar-refractivity contribution in [2.75, 3.05) is 25.5 Å². The standard InChI is InChI=1S/C13H15N3O3/c1-3-8-14-12(17)9-15-13(18)16-10-6-4-5-7-11(10)19-2/h1,4-7H,8-9H2,2H3,(H,14,17)(H2,15,16,18). The molecular weight excluding hydrogens is 246 g/mol. The van der Waals surface area contributed by atoms with Crippen LogP contribution in [0.15, 0.2) is 24.3 Å². The van der Waals surface area contributed by atoms with Crippen LogP contribution >= 0.6 is 0 Å². The average Bonchev–Trinajstić information content (AvgIpc) is 2.43. The van der Waals surface area contributed by atoms with Crippen LogP contribution in [-0.2, 0) is 4.79 Å². The van der Waals surface area contributed by atoms with Crippen molar-refractivity contribution in [1.82, 2.24) is 10.6 Å². The van der Waals surface area contributed by atoms with E-state index in [1.54, 1.807) is 24.3 Å². The Kier molecular flexibility index (Phi) is 5.76. The highest BCUT2D eigenvalue weighted by Crippen LogP contribution is 2.22. The largest absolute Gasteiger partial charge is 0.495 e. The van der Waals surface area contributed by atoms with Gasteiger partial charge in [-0.05, 0) is 12.1 Å². The molecule has 1 rings (SSSR count). The van der Waals surface area contributed by atoms with Crippen LogP contribution < -0.4 is 20.7 Å². The first-order valence-corrected chi connectivity index (χ1v) is 5.55. The van der Waals surface area contributed by atoms with E-state index in [4.69, 9.17) is 11.2 Å². The third-order valence-corrected chi connectivity index (χ3v) is 2.15. The zero-order valence-electron chi connectivity index (χ0n) is 10.5. The average molecular weight is 261 g/mol. The Balaban J connectivity index is 2.43. The normalized spacial score (nSPS) is 9.05. The van der Waals surface area contributed by atoms with E-state index < -0.39 is 6.03 Å². The second kappa shape index (κ2) is 7.61. The second-order valence-electron chi connectivity index (χ2n) is 3.49. The van der Waals surface area contributed by atoms with E-state index in [0.717, 1.165) is 0 Å². The number of urea groups is 1. The number of amides is 3. The summed E-state index contributed by atoms with van der Waals surface area (Å²) in [6, 6.07) is 6.46. The van der Waals surface area contributed by atoms with Crippen molar-refractivity contribution < 1.29 is 14.3 Å². The lowest BCUT2D eigenvalue weighted by molar-refractivity contribution is -0.119. The molecule has 0 spiro atoms. The van der Waals surface area contributed by atoms with E-state index in [1.807, 2.05) is 0 Å². The van der Waals surface area contributed by atoms with Crippen molar-refractivity contribution >= 4 is 17.6 Å². The van der Waals surface area contributed by atoms with Crippen LogP contribution in [0.4, 0.5) is 10.5 Å². The molecule has 0 saturated heterocycles. The molecular formula is C13H15N3O3. The van der Waals surface area contributed by atoms with Gasteiger partial charge in [0.15, 0.2) is 0 Å². The number of carbonyl (C=O) groups excluding carboxylic acids is 2. The predicted molar refractivity (Wildman–Crippen MR) is 71.9 cm³/mol. The number of benzene rings is 1. The van der Waals surface area contributed by atoms with Crippen LogP contribution in [0.3, 0.4) is 0 Å². The minimum absolute atomic E-state index is 0.134. The third-order valence-electron chi connectivity index (χ3n) is 2.15. The van der Waals surface area contributed by atoms with Crippen molar-refractivity contribution in [3.05, 3.63) is 24.3 Å². The van der Waals surface area contributed by atoms with Gasteiger partial charge < -0.3 is 20.7 Å². The smallest absolute Gasteiger partial charge is 0.319 e. The molecule has 19 heavy (non-hydrogen) atoms. The van der Waals surface area contributed by atoms with E-state index in [0.29, 0.717) is 11.4 Å². The van der Waals surface area contributed by atoms with Gasteiger partial charge in [-0.1, -0.05) is 18.1 Å². The van der Waals surface area contributed by atoms with Gasteiger partial charge in [0.1, 0.15) is 5.75 Å². The molecule has 1 aromatic rings. The molecule has 3 amide bonds. The number of terminal acetylenes is 1. The van der Waals surface area contributed by atoms with Crippen molar-refractivity contribution in [1.29, 1.82) is 0 Å². The lowest BCUT2D eigenvalue weighted by Crippen LogP contribution is -2.39. The van der Waals surface area contributed by atoms with Gasteiger partial charge in [0.2, 0.25) is 5.91 Å². The quantitative estimate of drug-likeness (QED) is 0.678. The van der Waals surface area contributed by atoms with Gasteiger partial charge in [0.05, 0.1) is 25.9 Å². The van der Waals surface area contributed by atoms with E-state index in [9.17, 15) is 9.59 Å². The highest BCUT2D eigenvalue weighted by molar-refractivity contribution is 5.93. The summed E-state index contributed by atoms with van der Waals surface area (Å²) < 4.78 is 5.08. The second-order valence-corrected chi connectivity index (χ2v) is 3.49. The van der Waals surface area contributed by atoms with Gasteiger partial charge >= 0.3 is 6.03 Å². The Hall–Kier alpha value is -2.68. The fourth-order valence-corrected chi connectivity index (χ4v) is 1.29. The molecule has 0 aliphatic rings. The molecule has 3 N–H and O–H groups in total. The van der Waals surface area contributed by atoms with Crippen molar-refractivity contribution in [3.63, 3.8) is 0 Å². The number of ether oxygens (including phenoxy) is 1. The number of hydrogen-bond donors (Lipinski definition) is 3. The molecule has 0 aromatic heterocycles. The summed E-state index contributed by atoms with van der Waals surface area (Å²) in [4.78, 5) is 22.8. The lowest BCUT2D eigenvalue weighted by atomic mass is 10.3. The Labute approximate surface area is 111 Å². The minimum atomic E-state index is -0.500. The Morgan fingerprint density at radius 3 is 2.74 bits per heavy atom. The van der Waals surface area contributed by atoms with E-state index in [1.165, 1.54) is 7.11 Å². The molecule has 0 aliphatic heterocycles. The van der Waals surface area contributed by atoms with Gasteiger partial charge in [-0.15, -0.1) is 6.42 Å². The molecule has 6 nitrogen and oxygen atoms in total. The summed E-state index contributed by atoms with van der Waals surface area (Å²) in [5.41, 5.74) is 0.520. The van der Waals surface area contributed by atoms with Crippen LogP contribution in [0.1, 0.15) is 0 Å². The first-order valence-electron chi connectivity index (χ1n) is 5.55. The SMILES string of the molecule is C#CCNC(=O)CNC(=O)Nc1ccccc1OC. The summed E-state index contributed by atoms with van der Waals surface area (Å²) >= 11 is 0. The molecule has 0 radical (unpaired) electrons. The summed E-state index contributed by atoms with van der Waals surface area (Å²) in [6.07, 6.45) is 4.99. The molecule has 0 aliphatic carbocycles.